The molecule has 0 radical (unpaired) electrons. The standard InChI is InChI=1S/C68H125NO8/c1-3-5-7-9-11-13-15-17-19-21-23-25-27-29-30-31-32-34-36-38-40-42-44-46-48-50-52-54-56-58-64(72)69-61(60-76-68-67(75)66(74)65(73)63(59-70)77-68)62(71)57-55-53-51-49-47-45-43-41-39-37-35-33-28-26-24-22-20-18-16-14-12-10-8-6-4-2/h15,17,21,23,27,29,47,49,55,57,61-63,65-68,70-71,73-75H,3-14,16,18-20,22,24-26,28,30-46,48,50-54,56,58-60H2,1-2H3,(H,69,72)/b17-15-,23-21-,29-27-,49-47+,57-55+. The number of rotatable bonds is 57. The molecule has 0 bridgehead atoms. The van der Waals surface area contributed by atoms with Crippen LogP contribution < -0.4 is 5.32 Å². The third-order valence-corrected chi connectivity index (χ3v) is 15.6. The molecule has 1 heterocycles. The van der Waals surface area contributed by atoms with Crippen molar-refractivity contribution in [3.63, 3.8) is 0 Å². The first kappa shape index (κ1) is 72.9. The van der Waals surface area contributed by atoms with Crippen LogP contribution in [0.15, 0.2) is 60.8 Å². The van der Waals surface area contributed by atoms with Crippen LogP contribution in [-0.2, 0) is 14.3 Å². The Morgan fingerprint density at radius 3 is 1.18 bits per heavy atom. The topological polar surface area (TPSA) is 149 Å². The van der Waals surface area contributed by atoms with Gasteiger partial charge in [0.15, 0.2) is 6.29 Å². The van der Waals surface area contributed by atoms with Gasteiger partial charge in [-0.15, -0.1) is 0 Å². The van der Waals surface area contributed by atoms with Gasteiger partial charge in [-0.2, -0.15) is 0 Å². The molecular formula is C68H125NO8. The van der Waals surface area contributed by atoms with Crippen molar-refractivity contribution in [1.29, 1.82) is 0 Å². The maximum Gasteiger partial charge on any atom is 0.220 e. The summed E-state index contributed by atoms with van der Waals surface area (Å²) in [6, 6.07) is -0.825. The molecule has 450 valence electrons. The lowest BCUT2D eigenvalue weighted by Crippen LogP contribution is -2.60. The minimum absolute atomic E-state index is 0.185. The smallest absolute Gasteiger partial charge is 0.220 e. The summed E-state index contributed by atoms with van der Waals surface area (Å²) < 4.78 is 11.3. The SMILES string of the molecule is CCCCCCC/C=C\C/C=C\C/C=C\CCCCCCCCCCCCCCCCC(=O)NC(COC1OC(CO)C(O)C(O)C1O)C(O)/C=C/CC/C=C/CCCCCCCCCCCCCCCCCCCCC. The molecule has 1 aliphatic rings. The van der Waals surface area contributed by atoms with E-state index < -0.39 is 49.5 Å². The van der Waals surface area contributed by atoms with Gasteiger partial charge in [0.2, 0.25) is 5.91 Å². The second kappa shape index (κ2) is 57.1. The average molecular weight is 1080 g/mol. The van der Waals surface area contributed by atoms with Crippen LogP contribution in [0.3, 0.4) is 0 Å². The van der Waals surface area contributed by atoms with E-state index in [1.165, 1.54) is 238 Å². The van der Waals surface area contributed by atoms with Gasteiger partial charge in [-0.05, 0) is 70.6 Å². The quantitative estimate of drug-likeness (QED) is 0.0261. The summed E-state index contributed by atoms with van der Waals surface area (Å²) in [6.07, 6.45) is 71.7. The molecule has 1 rings (SSSR count). The van der Waals surface area contributed by atoms with Crippen LogP contribution >= 0.6 is 0 Å². The maximum absolute atomic E-state index is 13.1. The molecule has 0 aliphatic carbocycles. The minimum Gasteiger partial charge on any atom is -0.394 e. The number of allylic oxidation sites excluding steroid dienone is 9. The predicted molar refractivity (Wildman–Crippen MR) is 327 cm³/mol. The summed E-state index contributed by atoms with van der Waals surface area (Å²) >= 11 is 0. The molecule has 9 heteroatoms. The predicted octanol–water partition coefficient (Wildman–Crippen LogP) is 17.4. The lowest BCUT2D eigenvalue weighted by molar-refractivity contribution is -0.302. The normalized spacial score (nSPS) is 19.1. The third-order valence-electron chi connectivity index (χ3n) is 15.6. The van der Waals surface area contributed by atoms with Crippen LogP contribution in [0.4, 0.5) is 0 Å². The van der Waals surface area contributed by atoms with Crippen molar-refractivity contribution in [3.8, 4) is 0 Å². The van der Waals surface area contributed by atoms with Crippen molar-refractivity contribution in [2.45, 2.75) is 352 Å². The van der Waals surface area contributed by atoms with Crippen LogP contribution in [0.1, 0.15) is 309 Å². The number of aliphatic hydroxyl groups excluding tert-OH is 5. The first-order valence-corrected chi connectivity index (χ1v) is 33.0. The Balaban J connectivity index is 2.18. The summed E-state index contributed by atoms with van der Waals surface area (Å²) in [4.78, 5) is 13.1. The highest BCUT2D eigenvalue weighted by Crippen LogP contribution is 2.23. The molecule has 1 amide bonds. The van der Waals surface area contributed by atoms with Crippen molar-refractivity contribution in [1.82, 2.24) is 5.32 Å². The zero-order valence-electron chi connectivity index (χ0n) is 50.2. The largest absolute Gasteiger partial charge is 0.394 e. The average Bonchev–Trinajstić information content (AvgIpc) is 3.43. The molecule has 1 saturated heterocycles. The minimum atomic E-state index is -1.57. The van der Waals surface area contributed by atoms with Gasteiger partial charge in [-0.1, -0.05) is 293 Å². The van der Waals surface area contributed by atoms with E-state index in [4.69, 9.17) is 9.47 Å². The van der Waals surface area contributed by atoms with E-state index in [1.54, 1.807) is 6.08 Å². The van der Waals surface area contributed by atoms with Crippen LogP contribution in [0.2, 0.25) is 0 Å². The number of amides is 1. The molecule has 0 saturated carbocycles. The third kappa shape index (κ3) is 46.2. The summed E-state index contributed by atoms with van der Waals surface area (Å²) in [7, 11) is 0. The van der Waals surface area contributed by atoms with Crippen LogP contribution in [-0.4, -0.2) is 87.5 Å². The monoisotopic (exact) mass is 1080 g/mol. The van der Waals surface area contributed by atoms with Gasteiger partial charge in [0, 0.05) is 6.42 Å². The van der Waals surface area contributed by atoms with Gasteiger partial charge >= 0.3 is 0 Å². The van der Waals surface area contributed by atoms with E-state index in [1.807, 2.05) is 6.08 Å². The molecule has 0 aromatic rings. The molecule has 0 aromatic heterocycles. The number of unbranched alkanes of at least 4 members (excludes halogenated alkanes) is 39. The number of aliphatic hydroxyl groups is 5. The summed E-state index contributed by atoms with van der Waals surface area (Å²) in [5.74, 6) is -0.185. The van der Waals surface area contributed by atoms with E-state index >= 15 is 0 Å². The number of hydrogen-bond acceptors (Lipinski definition) is 8. The van der Waals surface area contributed by atoms with Gasteiger partial charge in [-0.3, -0.25) is 4.79 Å². The number of hydrogen-bond donors (Lipinski definition) is 6. The van der Waals surface area contributed by atoms with E-state index in [-0.39, 0.29) is 12.5 Å². The molecule has 0 aromatic carbocycles. The Bertz CT molecular complexity index is 1400. The van der Waals surface area contributed by atoms with Gasteiger partial charge in [-0.25, -0.2) is 0 Å². The molecule has 1 fully saturated rings. The molecule has 7 unspecified atom stereocenters. The molecule has 1 aliphatic heterocycles. The zero-order chi connectivity index (χ0) is 55.8. The highest BCUT2D eigenvalue weighted by molar-refractivity contribution is 5.76. The fourth-order valence-electron chi connectivity index (χ4n) is 10.4. The summed E-state index contributed by atoms with van der Waals surface area (Å²) in [5.41, 5.74) is 0. The molecule has 7 atom stereocenters. The van der Waals surface area contributed by atoms with Crippen LogP contribution in [0, 0.1) is 0 Å². The van der Waals surface area contributed by atoms with Crippen LogP contribution in [0.5, 0.6) is 0 Å². The second-order valence-electron chi connectivity index (χ2n) is 22.9. The van der Waals surface area contributed by atoms with Crippen molar-refractivity contribution >= 4 is 5.91 Å². The summed E-state index contributed by atoms with van der Waals surface area (Å²) in [5, 5.41) is 54.7. The highest BCUT2D eigenvalue weighted by Gasteiger charge is 2.44. The van der Waals surface area contributed by atoms with Crippen LogP contribution in [0.25, 0.3) is 0 Å². The molecule has 6 N–H and O–H groups in total. The van der Waals surface area contributed by atoms with Crippen molar-refractivity contribution in [3.05, 3.63) is 60.8 Å². The Morgan fingerprint density at radius 1 is 0.442 bits per heavy atom. The second-order valence-corrected chi connectivity index (χ2v) is 22.9. The van der Waals surface area contributed by atoms with Gasteiger partial charge in [0.05, 0.1) is 25.4 Å². The molecule has 9 nitrogen and oxygen atoms in total. The Hall–Kier alpha value is -2.11. The van der Waals surface area contributed by atoms with Crippen molar-refractivity contribution in [2.75, 3.05) is 13.2 Å². The van der Waals surface area contributed by atoms with E-state index in [9.17, 15) is 30.3 Å². The number of nitrogens with one attached hydrogen (secondary N) is 1. The van der Waals surface area contributed by atoms with Gasteiger partial charge in [0.25, 0.3) is 0 Å². The number of ether oxygens (including phenoxy) is 2. The summed E-state index contributed by atoms with van der Waals surface area (Å²) in [6.45, 7) is 3.79. The zero-order valence-corrected chi connectivity index (χ0v) is 50.2. The Kier molecular flexibility index (Phi) is 54.1. The molecule has 0 spiro atoms. The highest BCUT2D eigenvalue weighted by atomic mass is 16.7. The first-order chi connectivity index (χ1) is 37.8. The molecule has 77 heavy (non-hydrogen) atoms. The fourth-order valence-corrected chi connectivity index (χ4v) is 10.4. The fraction of sp³-hybridized carbons (Fsp3) is 0.838. The number of carbonyl (C=O) groups is 1. The maximum atomic E-state index is 13.1. The van der Waals surface area contributed by atoms with Crippen molar-refractivity contribution < 1.29 is 39.8 Å². The Labute approximate surface area is 475 Å². The van der Waals surface area contributed by atoms with E-state index in [2.05, 4.69) is 67.8 Å². The first-order valence-electron chi connectivity index (χ1n) is 33.0. The lowest BCUT2D eigenvalue weighted by Gasteiger charge is -2.40. The number of carbonyl (C=O) groups excluding carboxylic acids is 1. The van der Waals surface area contributed by atoms with E-state index in [0.29, 0.717) is 6.42 Å². The van der Waals surface area contributed by atoms with Crippen molar-refractivity contribution in [2.24, 2.45) is 0 Å². The Morgan fingerprint density at radius 2 is 0.779 bits per heavy atom. The van der Waals surface area contributed by atoms with Gasteiger partial charge < -0.3 is 40.3 Å². The molecular weight excluding hydrogens is 959 g/mol. The lowest BCUT2D eigenvalue weighted by atomic mass is 9.99. The van der Waals surface area contributed by atoms with E-state index in [0.717, 1.165) is 51.4 Å². The van der Waals surface area contributed by atoms with Gasteiger partial charge in [0.1, 0.15) is 24.4 Å².